The summed E-state index contributed by atoms with van der Waals surface area (Å²) >= 11 is 9.13. The Morgan fingerprint density at radius 3 is 2.95 bits per heavy atom. The molecule has 0 aliphatic heterocycles. The zero-order valence-electron chi connectivity index (χ0n) is 9.85. The number of nitrogens with one attached hydrogen (secondary N) is 1. The molecule has 2 aromatic heterocycles. The lowest BCUT2D eigenvalue weighted by Gasteiger charge is -2.07. The number of halogens is 2. The first-order chi connectivity index (χ1) is 9.10. The smallest absolute Gasteiger partial charge is 0.258 e. The Bertz CT molecular complexity index is 622. The molecule has 0 saturated carbocycles. The van der Waals surface area contributed by atoms with Gasteiger partial charge >= 0.3 is 0 Å². The standard InChI is InChI=1S/C12H9BrClN3O2/c1-19-10-5-8(2-3-15-10)17-12(18)9-4-7(13)6-16-11(9)14/h2-6H,1H3,(H,15,17,18). The van der Waals surface area contributed by atoms with Crippen molar-refractivity contribution in [3.8, 4) is 5.88 Å². The third-order valence-electron chi connectivity index (χ3n) is 2.25. The van der Waals surface area contributed by atoms with E-state index in [0.29, 0.717) is 16.0 Å². The molecule has 2 aromatic rings. The summed E-state index contributed by atoms with van der Waals surface area (Å²) < 4.78 is 5.65. The Labute approximate surface area is 123 Å². The molecule has 0 unspecified atom stereocenters. The number of ether oxygens (including phenoxy) is 1. The van der Waals surface area contributed by atoms with Crippen molar-refractivity contribution < 1.29 is 9.53 Å². The fraction of sp³-hybridized carbons (Fsp3) is 0.0833. The van der Waals surface area contributed by atoms with E-state index in [9.17, 15) is 4.79 Å². The molecule has 2 heterocycles. The molecule has 0 bridgehead atoms. The quantitative estimate of drug-likeness (QED) is 0.870. The number of nitrogens with zero attached hydrogens (tertiary/aromatic N) is 2. The van der Waals surface area contributed by atoms with E-state index < -0.39 is 0 Å². The minimum Gasteiger partial charge on any atom is -0.481 e. The van der Waals surface area contributed by atoms with Crippen LogP contribution in [0.3, 0.4) is 0 Å². The van der Waals surface area contributed by atoms with Gasteiger partial charge in [0.15, 0.2) is 0 Å². The molecule has 0 atom stereocenters. The third-order valence-corrected chi connectivity index (χ3v) is 2.99. The van der Waals surface area contributed by atoms with Gasteiger partial charge in [-0.2, -0.15) is 0 Å². The van der Waals surface area contributed by atoms with Gasteiger partial charge < -0.3 is 10.1 Å². The fourth-order valence-electron chi connectivity index (χ4n) is 1.38. The number of hydrogen-bond acceptors (Lipinski definition) is 4. The molecule has 0 aliphatic rings. The van der Waals surface area contributed by atoms with Gasteiger partial charge in [-0.15, -0.1) is 0 Å². The average molecular weight is 343 g/mol. The van der Waals surface area contributed by atoms with Gasteiger partial charge in [-0.05, 0) is 28.1 Å². The molecule has 1 N–H and O–H groups in total. The molecular formula is C12H9BrClN3O2. The van der Waals surface area contributed by atoms with Crippen LogP contribution in [0.15, 0.2) is 35.1 Å². The van der Waals surface area contributed by atoms with E-state index >= 15 is 0 Å². The SMILES string of the molecule is COc1cc(NC(=O)c2cc(Br)cnc2Cl)ccn1. The van der Waals surface area contributed by atoms with Crippen molar-refractivity contribution in [1.82, 2.24) is 9.97 Å². The van der Waals surface area contributed by atoms with Crippen LogP contribution in [0.2, 0.25) is 5.15 Å². The molecule has 0 spiro atoms. The van der Waals surface area contributed by atoms with Gasteiger partial charge in [-0.25, -0.2) is 9.97 Å². The van der Waals surface area contributed by atoms with Crippen LogP contribution >= 0.6 is 27.5 Å². The summed E-state index contributed by atoms with van der Waals surface area (Å²) in [7, 11) is 1.50. The molecular weight excluding hydrogens is 334 g/mol. The van der Waals surface area contributed by atoms with Crippen LogP contribution in [0.5, 0.6) is 5.88 Å². The first kappa shape index (κ1) is 13.8. The van der Waals surface area contributed by atoms with Crippen LogP contribution in [-0.4, -0.2) is 23.0 Å². The molecule has 1 amide bonds. The summed E-state index contributed by atoms with van der Waals surface area (Å²) in [5.74, 6) is 0.0586. The molecule has 98 valence electrons. The van der Waals surface area contributed by atoms with Crippen molar-refractivity contribution in [2.45, 2.75) is 0 Å². The molecule has 0 aromatic carbocycles. The molecule has 19 heavy (non-hydrogen) atoms. The summed E-state index contributed by atoms with van der Waals surface area (Å²) in [4.78, 5) is 19.9. The van der Waals surface area contributed by atoms with E-state index in [1.807, 2.05) is 0 Å². The van der Waals surface area contributed by atoms with Gasteiger partial charge in [0.05, 0.1) is 12.7 Å². The van der Waals surface area contributed by atoms with Gasteiger partial charge in [0, 0.05) is 28.6 Å². The van der Waals surface area contributed by atoms with E-state index in [-0.39, 0.29) is 16.6 Å². The Hall–Kier alpha value is -1.66. The molecule has 5 nitrogen and oxygen atoms in total. The van der Waals surface area contributed by atoms with Gasteiger partial charge in [-0.1, -0.05) is 11.6 Å². The van der Waals surface area contributed by atoms with Crippen LogP contribution in [0.4, 0.5) is 5.69 Å². The Morgan fingerprint density at radius 2 is 2.21 bits per heavy atom. The van der Waals surface area contributed by atoms with Gasteiger partial charge in [-0.3, -0.25) is 4.79 Å². The van der Waals surface area contributed by atoms with Gasteiger partial charge in [0.2, 0.25) is 5.88 Å². The van der Waals surface area contributed by atoms with Gasteiger partial charge in [0.25, 0.3) is 5.91 Å². The van der Waals surface area contributed by atoms with Crippen molar-refractivity contribution in [3.63, 3.8) is 0 Å². The molecule has 2 rings (SSSR count). The number of hydrogen-bond donors (Lipinski definition) is 1. The minimum absolute atomic E-state index is 0.140. The van der Waals surface area contributed by atoms with Crippen LogP contribution in [0.25, 0.3) is 0 Å². The van der Waals surface area contributed by atoms with Crippen molar-refractivity contribution in [2.24, 2.45) is 0 Å². The number of carbonyl (C=O) groups is 1. The maximum absolute atomic E-state index is 12.1. The van der Waals surface area contributed by atoms with E-state index in [2.05, 4.69) is 31.2 Å². The lowest BCUT2D eigenvalue weighted by molar-refractivity contribution is 0.102. The fourth-order valence-corrected chi connectivity index (χ4v) is 1.90. The van der Waals surface area contributed by atoms with Crippen LogP contribution in [0, 0.1) is 0 Å². The highest BCUT2D eigenvalue weighted by atomic mass is 79.9. The third kappa shape index (κ3) is 3.42. The second kappa shape index (κ2) is 5.99. The molecule has 7 heteroatoms. The largest absolute Gasteiger partial charge is 0.481 e. The zero-order chi connectivity index (χ0) is 13.8. The highest BCUT2D eigenvalue weighted by molar-refractivity contribution is 9.10. The lowest BCUT2D eigenvalue weighted by Crippen LogP contribution is -2.13. The molecule has 0 radical (unpaired) electrons. The Kier molecular flexibility index (Phi) is 4.34. The van der Waals surface area contributed by atoms with Crippen molar-refractivity contribution in [1.29, 1.82) is 0 Å². The number of aromatic nitrogens is 2. The number of anilines is 1. The maximum atomic E-state index is 12.1. The summed E-state index contributed by atoms with van der Waals surface area (Å²) in [6, 6.07) is 4.86. The van der Waals surface area contributed by atoms with Crippen molar-refractivity contribution >= 4 is 39.1 Å². The van der Waals surface area contributed by atoms with E-state index in [1.54, 1.807) is 18.2 Å². The summed E-state index contributed by atoms with van der Waals surface area (Å²) in [5, 5.41) is 2.84. The normalized spacial score (nSPS) is 10.1. The molecule has 0 aliphatic carbocycles. The number of amides is 1. The first-order valence-corrected chi connectivity index (χ1v) is 6.39. The second-order valence-electron chi connectivity index (χ2n) is 3.53. The van der Waals surface area contributed by atoms with Gasteiger partial charge in [0.1, 0.15) is 5.15 Å². The Balaban J connectivity index is 2.23. The zero-order valence-corrected chi connectivity index (χ0v) is 12.2. The summed E-state index contributed by atoms with van der Waals surface area (Å²) in [6.45, 7) is 0. The van der Waals surface area contributed by atoms with Crippen molar-refractivity contribution in [2.75, 3.05) is 12.4 Å². The average Bonchev–Trinajstić information content (AvgIpc) is 2.41. The topological polar surface area (TPSA) is 64.1 Å². The molecule has 0 saturated heterocycles. The number of methoxy groups -OCH3 is 1. The minimum atomic E-state index is -0.355. The highest BCUT2D eigenvalue weighted by Gasteiger charge is 2.12. The lowest BCUT2D eigenvalue weighted by atomic mass is 10.2. The molecule has 0 fully saturated rings. The second-order valence-corrected chi connectivity index (χ2v) is 4.81. The monoisotopic (exact) mass is 341 g/mol. The van der Waals surface area contributed by atoms with Crippen LogP contribution in [-0.2, 0) is 0 Å². The summed E-state index contributed by atoms with van der Waals surface area (Å²) in [5.41, 5.74) is 0.847. The van der Waals surface area contributed by atoms with Crippen LogP contribution < -0.4 is 10.1 Å². The van der Waals surface area contributed by atoms with E-state index in [1.165, 1.54) is 19.5 Å². The Morgan fingerprint density at radius 1 is 1.42 bits per heavy atom. The van der Waals surface area contributed by atoms with Crippen molar-refractivity contribution in [3.05, 3.63) is 45.8 Å². The predicted octanol–water partition coefficient (Wildman–Crippen LogP) is 3.15. The summed E-state index contributed by atoms with van der Waals surface area (Å²) in [6.07, 6.45) is 3.06. The maximum Gasteiger partial charge on any atom is 0.258 e. The van der Waals surface area contributed by atoms with E-state index in [0.717, 1.165) is 0 Å². The van der Waals surface area contributed by atoms with E-state index in [4.69, 9.17) is 16.3 Å². The highest BCUT2D eigenvalue weighted by Crippen LogP contribution is 2.20. The predicted molar refractivity (Wildman–Crippen MR) is 75.7 cm³/mol. The first-order valence-electron chi connectivity index (χ1n) is 5.22. The van der Waals surface area contributed by atoms with Crippen LogP contribution in [0.1, 0.15) is 10.4 Å². The number of carbonyl (C=O) groups excluding carboxylic acids is 1. The number of pyridine rings is 2. The number of rotatable bonds is 3.